The predicted octanol–water partition coefficient (Wildman–Crippen LogP) is 3.91. The number of esters is 1. The summed E-state index contributed by atoms with van der Waals surface area (Å²) in [6.07, 6.45) is 0. The Morgan fingerprint density at radius 1 is 1.00 bits per heavy atom. The van der Waals surface area contributed by atoms with Gasteiger partial charge in [-0.2, -0.15) is 0 Å². The summed E-state index contributed by atoms with van der Waals surface area (Å²) in [6, 6.07) is 10.6. The lowest BCUT2D eigenvalue weighted by atomic mass is 10.1. The summed E-state index contributed by atoms with van der Waals surface area (Å²) in [6.45, 7) is 3.66. The van der Waals surface area contributed by atoms with Gasteiger partial charge in [-0.1, -0.05) is 23.7 Å². The Morgan fingerprint density at radius 2 is 1.70 bits per heavy atom. The molecule has 2 aromatic rings. The van der Waals surface area contributed by atoms with Gasteiger partial charge in [-0.15, -0.1) is 0 Å². The van der Waals surface area contributed by atoms with E-state index in [-0.39, 0.29) is 22.2 Å². The summed E-state index contributed by atoms with van der Waals surface area (Å²) < 4.78 is 4.67. The zero-order valence-corrected chi connectivity index (χ0v) is 15.9. The fourth-order valence-electron chi connectivity index (χ4n) is 2.28. The number of para-hydroxylation sites is 1. The van der Waals surface area contributed by atoms with Crippen LogP contribution in [-0.2, 0) is 4.74 Å². The van der Waals surface area contributed by atoms with Crippen molar-refractivity contribution in [3.8, 4) is 0 Å². The molecular formula is C19H20ClN3O4. The van der Waals surface area contributed by atoms with Crippen molar-refractivity contribution in [1.29, 1.82) is 0 Å². The van der Waals surface area contributed by atoms with Crippen LogP contribution in [0.3, 0.4) is 0 Å². The van der Waals surface area contributed by atoms with Gasteiger partial charge in [0, 0.05) is 11.7 Å². The highest BCUT2D eigenvalue weighted by atomic mass is 35.5. The topological polar surface area (TPSA) is 96.5 Å². The van der Waals surface area contributed by atoms with Crippen LogP contribution in [-0.4, -0.2) is 31.1 Å². The molecule has 0 spiro atoms. The van der Waals surface area contributed by atoms with Gasteiger partial charge in [0.05, 0.1) is 28.9 Å². The molecule has 0 aliphatic heterocycles. The molecule has 27 heavy (non-hydrogen) atoms. The molecule has 0 aromatic heterocycles. The first-order chi connectivity index (χ1) is 12.8. The van der Waals surface area contributed by atoms with Gasteiger partial charge in [-0.05, 0) is 44.2 Å². The molecule has 0 fully saturated rings. The number of carbonyl (C=O) groups is 3. The van der Waals surface area contributed by atoms with Crippen molar-refractivity contribution in [1.82, 2.24) is 5.32 Å². The van der Waals surface area contributed by atoms with Crippen LogP contribution >= 0.6 is 11.6 Å². The quantitative estimate of drug-likeness (QED) is 0.675. The van der Waals surface area contributed by atoms with Crippen LogP contribution in [0.25, 0.3) is 0 Å². The van der Waals surface area contributed by atoms with Gasteiger partial charge in [0.15, 0.2) is 0 Å². The van der Waals surface area contributed by atoms with Crippen molar-refractivity contribution in [3.05, 3.63) is 58.6 Å². The third kappa shape index (κ3) is 5.46. The summed E-state index contributed by atoms with van der Waals surface area (Å²) in [5.41, 5.74) is 1.13. The molecular weight excluding hydrogens is 370 g/mol. The maximum Gasteiger partial charge on any atom is 0.339 e. The second-order valence-corrected chi connectivity index (χ2v) is 6.35. The average Bonchev–Trinajstić information content (AvgIpc) is 2.62. The fourth-order valence-corrected chi connectivity index (χ4v) is 2.47. The highest BCUT2D eigenvalue weighted by molar-refractivity contribution is 6.33. The number of benzene rings is 2. The van der Waals surface area contributed by atoms with Gasteiger partial charge in [0.2, 0.25) is 0 Å². The normalized spacial score (nSPS) is 10.3. The molecule has 0 aliphatic rings. The Labute approximate surface area is 162 Å². The largest absolute Gasteiger partial charge is 0.465 e. The Hall–Kier alpha value is -3.06. The summed E-state index contributed by atoms with van der Waals surface area (Å²) in [7, 11) is 1.24. The maximum absolute atomic E-state index is 12.6. The summed E-state index contributed by atoms with van der Waals surface area (Å²) in [4.78, 5) is 36.3. The Balaban J connectivity index is 2.22. The standard InChI is InChI=1S/C19H20ClN3O4/c1-11(2)21-19(26)23-16-7-5-4-6-13(16)17(24)22-12-8-9-15(20)14(10-12)18(25)27-3/h4-11H,1-3H3,(H,22,24)(H2,21,23,26). The van der Waals surface area contributed by atoms with Crippen molar-refractivity contribution in [3.63, 3.8) is 0 Å². The predicted molar refractivity (Wildman–Crippen MR) is 104 cm³/mol. The number of ether oxygens (including phenoxy) is 1. The van der Waals surface area contributed by atoms with E-state index in [4.69, 9.17) is 11.6 Å². The number of anilines is 2. The third-order valence-corrected chi connectivity index (χ3v) is 3.80. The van der Waals surface area contributed by atoms with Gasteiger partial charge in [-0.25, -0.2) is 9.59 Å². The van der Waals surface area contributed by atoms with Crippen molar-refractivity contribution in [2.24, 2.45) is 0 Å². The van der Waals surface area contributed by atoms with E-state index in [2.05, 4.69) is 20.7 Å². The second-order valence-electron chi connectivity index (χ2n) is 5.94. The van der Waals surface area contributed by atoms with Crippen molar-refractivity contribution < 1.29 is 19.1 Å². The molecule has 7 nitrogen and oxygen atoms in total. The highest BCUT2D eigenvalue weighted by Gasteiger charge is 2.16. The summed E-state index contributed by atoms with van der Waals surface area (Å²) in [5, 5.41) is 8.24. The van der Waals surface area contributed by atoms with E-state index in [1.54, 1.807) is 30.3 Å². The van der Waals surface area contributed by atoms with Crippen molar-refractivity contribution in [2.45, 2.75) is 19.9 Å². The molecule has 2 aromatic carbocycles. The monoisotopic (exact) mass is 389 g/mol. The van der Waals surface area contributed by atoms with E-state index in [9.17, 15) is 14.4 Å². The molecule has 0 aliphatic carbocycles. The van der Waals surface area contributed by atoms with E-state index in [1.807, 2.05) is 13.8 Å². The van der Waals surface area contributed by atoms with Crippen LogP contribution in [0.4, 0.5) is 16.2 Å². The molecule has 0 atom stereocenters. The lowest BCUT2D eigenvalue weighted by molar-refractivity contribution is 0.0600. The molecule has 2 rings (SSSR count). The minimum atomic E-state index is -0.608. The molecule has 0 saturated carbocycles. The van der Waals surface area contributed by atoms with E-state index < -0.39 is 17.9 Å². The number of halogens is 1. The molecule has 0 unspecified atom stereocenters. The number of amides is 3. The number of nitrogens with one attached hydrogen (secondary N) is 3. The molecule has 142 valence electrons. The number of methoxy groups -OCH3 is 1. The van der Waals surface area contributed by atoms with Gasteiger partial charge >= 0.3 is 12.0 Å². The van der Waals surface area contributed by atoms with E-state index in [1.165, 1.54) is 19.2 Å². The third-order valence-electron chi connectivity index (χ3n) is 3.47. The minimum Gasteiger partial charge on any atom is -0.465 e. The highest BCUT2D eigenvalue weighted by Crippen LogP contribution is 2.23. The number of rotatable bonds is 5. The zero-order chi connectivity index (χ0) is 20.0. The number of hydrogen-bond acceptors (Lipinski definition) is 4. The van der Waals surface area contributed by atoms with Crippen LogP contribution in [0.15, 0.2) is 42.5 Å². The molecule has 3 amide bonds. The first-order valence-electron chi connectivity index (χ1n) is 8.17. The van der Waals surface area contributed by atoms with Gasteiger partial charge < -0.3 is 20.7 Å². The van der Waals surface area contributed by atoms with Gasteiger partial charge in [-0.3, -0.25) is 4.79 Å². The molecule has 3 N–H and O–H groups in total. The van der Waals surface area contributed by atoms with Crippen LogP contribution < -0.4 is 16.0 Å². The second kappa shape index (κ2) is 9.05. The molecule has 0 heterocycles. The SMILES string of the molecule is COC(=O)c1cc(NC(=O)c2ccccc2NC(=O)NC(C)C)ccc1Cl. The zero-order valence-electron chi connectivity index (χ0n) is 15.1. The molecule has 0 bridgehead atoms. The lowest BCUT2D eigenvalue weighted by Gasteiger charge is -2.14. The average molecular weight is 390 g/mol. The number of hydrogen-bond donors (Lipinski definition) is 3. The lowest BCUT2D eigenvalue weighted by Crippen LogP contribution is -2.34. The first kappa shape index (κ1) is 20.3. The number of urea groups is 1. The van der Waals surface area contributed by atoms with Crippen LogP contribution in [0, 0.1) is 0 Å². The Kier molecular flexibility index (Phi) is 6.79. The van der Waals surface area contributed by atoms with Crippen LogP contribution in [0.5, 0.6) is 0 Å². The maximum atomic E-state index is 12.6. The van der Waals surface area contributed by atoms with Crippen molar-refractivity contribution >= 4 is 40.9 Å². The first-order valence-corrected chi connectivity index (χ1v) is 8.55. The fraction of sp³-hybridized carbons (Fsp3) is 0.211. The summed E-state index contributed by atoms with van der Waals surface area (Å²) >= 11 is 5.98. The van der Waals surface area contributed by atoms with E-state index in [0.29, 0.717) is 11.4 Å². The van der Waals surface area contributed by atoms with E-state index in [0.717, 1.165) is 0 Å². The Bertz CT molecular complexity index is 868. The molecule has 0 saturated heterocycles. The molecule has 8 heteroatoms. The molecule has 0 radical (unpaired) electrons. The van der Waals surface area contributed by atoms with Gasteiger partial charge in [0.25, 0.3) is 5.91 Å². The Morgan fingerprint density at radius 3 is 2.37 bits per heavy atom. The minimum absolute atomic E-state index is 0.0446. The van der Waals surface area contributed by atoms with Crippen LogP contribution in [0.2, 0.25) is 5.02 Å². The van der Waals surface area contributed by atoms with Gasteiger partial charge in [0.1, 0.15) is 0 Å². The van der Waals surface area contributed by atoms with Crippen molar-refractivity contribution in [2.75, 3.05) is 17.7 Å². The van der Waals surface area contributed by atoms with Crippen LogP contribution in [0.1, 0.15) is 34.6 Å². The summed E-state index contributed by atoms with van der Waals surface area (Å²) in [5.74, 6) is -1.06. The smallest absolute Gasteiger partial charge is 0.339 e. The van der Waals surface area contributed by atoms with E-state index >= 15 is 0 Å². The number of carbonyl (C=O) groups excluding carboxylic acids is 3.